The molecule has 5 heteroatoms. The van der Waals surface area contributed by atoms with Crippen molar-refractivity contribution in [1.29, 1.82) is 0 Å². The van der Waals surface area contributed by atoms with Crippen LogP contribution in [0.5, 0.6) is 5.75 Å². The predicted molar refractivity (Wildman–Crippen MR) is 76.8 cm³/mol. The number of aromatic nitrogens is 1. The van der Waals surface area contributed by atoms with Crippen molar-refractivity contribution in [2.24, 2.45) is 0 Å². The molecule has 3 rings (SSSR count). The van der Waals surface area contributed by atoms with Crippen molar-refractivity contribution in [3.63, 3.8) is 0 Å². The van der Waals surface area contributed by atoms with Gasteiger partial charge in [-0.25, -0.2) is 0 Å². The Morgan fingerprint density at radius 2 is 2.05 bits per heavy atom. The van der Waals surface area contributed by atoms with Crippen molar-refractivity contribution in [2.45, 2.75) is 31.4 Å². The van der Waals surface area contributed by atoms with Crippen LogP contribution in [-0.4, -0.2) is 27.8 Å². The lowest BCUT2D eigenvalue weighted by Crippen LogP contribution is -2.38. The molecule has 1 fully saturated rings. The van der Waals surface area contributed by atoms with Gasteiger partial charge in [0.25, 0.3) is 0 Å². The zero-order chi connectivity index (χ0) is 14.1. The molecule has 1 aliphatic rings. The maximum Gasteiger partial charge on any atom is 0.248 e. The van der Waals surface area contributed by atoms with E-state index in [4.69, 9.17) is 0 Å². The number of aromatic amines is 1. The van der Waals surface area contributed by atoms with Crippen molar-refractivity contribution < 1.29 is 10.2 Å². The topological polar surface area (TPSA) is 85.3 Å². The van der Waals surface area contributed by atoms with Crippen LogP contribution in [0.4, 0.5) is 0 Å². The highest BCUT2D eigenvalue weighted by Gasteiger charge is 2.24. The Morgan fingerprint density at radius 3 is 2.80 bits per heavy atom. The molecule has 0 saturated carbocycles. The lowest BCUT2D eigenvalue weighted by Gasteiger charge is -2.28. The minimum Gasteiger partial charge on any atom is -0.506 e. The number of H-pyrrole nitrogens is 1. The summed E-state index contributed by atoms with van der Waals surface area (Å²) in [6.07, 6.45) is 2.51. The maximum absolute atomic E-state index is 11.4. The quantitative estimate of drug-likeness (QED) is 0.667. The molecule has 2 heterocycles. The van der Waals surface area contributed by atoms with Gasteiger partial charge in [-0.3, -0.25) is 4.79 Å². The zero-order valence-electron chi connectivity index (χ0n) is 11.1. The smallest absolute Gasteiger partial charge is 0.248 e. The van der Waals surface area contributed by atoms with Crippen LogP contribution in [0.25, 0.3) is 10.9 Å². The molecule has 0 amide bonds. The second-order valence-electron chi connectivity index (χ2n) is 5.29. The summed E-state index contributed by atoms with van der Waals surface area (Å²) in [5.74, 6) is 0.0188. The summed E-state index contributed by atoms with van der Waals surface area (Å²) in [6.45, 7) is 0.911. The first-order valence-corrected chi connectivity index (χ1v) is 6.93. The van der Waals surface area contributed by atoms with Gasteiger partial charge in [0.15, 0.2) is 0 Å². The van der Waals surface area contributed by atoms with Gasteiger partial charge >= 0.3 is 0 Å². The van der Waals surface area contributed by atoms with Crippen LogP contribution in [0.3, 0.4) is 0 Å². The molecule has 1 saturated heterocycles. The van der Waals surface area contributed by atoms with Gasteiger partial charge in [0.2, 0.25) is 5.56 Å². The fourth-order valence-electron chi connectivity index (χ4n) is 2.88. The Morgan fingerprint density at radius 1 is 1.20 bits per heavy atom. The monoisotopic (exact) mass is 274 g/mol. The van der Waals surface area contributed by atoms with Crippen molar-refractivity contribution in [3.8, 4) is 5.75 Å². The molecule has 0 spiro atoms. The number of pyridine rings is 1. The number of benzene rings is 1. The second-order valence-corrected chi connectivity index (χ2v) is 5.29. The van der Waals surface area contributed by atoms with Crippen molar-refractivity contribution in [3.05, 3.63) is 40.2 Å². The third kappa shape index (κ3) is 2.30. The first-order valence-electron chi connectivity index (χ1n) is 6.93. The van der Waals surface area contributed by atoms with E-state index in [1.54, 1.807) is 12.1 Å². The van der Waals surface area contributed by atoms with Gasteiger partial charge < -0.3 is 20.5 Å². The molecule has 106 valence electrons. The summed E-state index contributed by atoms with van der Waals surface area (Å²) in [5.41, 5.74) is 0.841. The van der Waals surface area contributed by atoms with Gasteiger partial charge in [0, 0.05) is 17.5 Å². The number of phenolic OH excluding ortho intramolecular Hbond substituents is 1. The van der Waals surface area contributed by atoms with Gasteiger partial charge in [0.05, 0.1) is 11.6 Å². The third-order valence-electron chi connectivity index (χ3n) is 3.96. The molecule has 1 aromatic carbocycles. The highest BCUT2D eigenvalue weighted by Crippen LogP contribution is 2.31. The number of aromatic hydroxyl groups is 1. The molecule has 20 heavy (non-hydrogen) atoms. The Labute approximate surface area is 116 Å². The van der Waals surface area contributed by atoms with Crippen molar-refractivity contribution in [1.82, 2.24) is 10.3 Å². The summed E-state index contributed by atoms with van der Waals surface area (Å²) < 4.78 is 0. The average Bonchev–Trinajstić information content (AvgIpc) is 2.48. The van der Waals surface area contributed by atoms with Crippen LogP contribution in [0.1, 0.15) is 30.9 Å². The molecule has 0 radical (unpaired) electrons. The van der Waals surface area contributed by atoms with Crippen LogP contribution < -0.4 is 10.9 Å². The van der Waals surface area contributed by atoms with E-state index in [1.807, 2.05) is 0 Å². The van der Waals surface area contributed by atoms with Gasteiger partial charge in [0.1, 0.15) is 5.75 Å². The van der Waals surface area contributed by atoms with E-state index in [0.717, 1.165) is 31.4 Å². The summed E-state index contributed by atoms with van der Waals surface area (Å²) in [6, 6.07) is 6.31. The van der Waals surface area contributed by atoms with E-state index in [1.165, 1.54) is 12.1 Å². The second kappa shape index (κ2) is 5.26. The number of nitrogens with one attached hydrogen (secondary N) is 2. The Kier molecular flexibility index (Phi) is 3.46. The minimum absolute atomic E-state index is 0.0171. The fourth-order valence-corrected chi connectivity index (χ4v) is 2.88. The van der Waals surface area contributed by atoms with E-state index >= 15 is 0 Å². The number of hydrogen-bond acceptors (Lipinski definition) is 4. The first-order chi connectivity index (χ1) is 9.66. The molecule has 1 aliphatic heterocycles. The Hall–Kier alpha value is -1.85. The number of aliphatic hydroxyl groups excluding tert-OH is 1. The molecule has 5 nitrogen and oxygen atoms in total. The van der Waals surface area contributed by atoms with Gasteiger partial charge in [-0.15, -0.1) is 0 Å². The largest absolute Gasteiger partial charge is 0.506 e. The fraction of sp³-hybridized carbons (Fsp3) is 0.400. The lowest BCUT2D eigenvalue weighted by molar-refractivity contribution is 0.115. The van der Waals surface area contributed by atoms with Crippen molar-refractivity contribution in [2.75, 3.05) is 6.54 Å². The molecular weight excluding hydrogens is 256 g/mol. The molecule has 0 bridgehead atoms. The highest BCUT2D eigenvalue weighted by atomic mass is 16.3. The first kappa shape index (κ1) is 13.1. The summed E-state index contributed by atoms with van der Waals surface area (Å²) >= 11 is 0. The normalized spacial score (nSPS) is 20.9. The molecule has 2 atom stereocenters. The number of aliphatic hydroxyl groups is 1. The molecule has 1 aromatic heterocycles. The SMILES string of the molecule is O=c1ccc2c(C(O)C3CCCCN3)ccc(O)c2[nH]1. The van der Waals surface area contributed by atoms with E-state index in [2.05, 4.69) is 10.3 Å². The number of fused-ring (bicyclic) bond motifs is 1. The Bertz CT molecular complexity index is 674. The van der Waals surface area contributed by atoms with Crippen LogP contribution in [0, 0.1) is 0 Å². The summed E-state index contributed by atoms with van der Waals surface area (Å²) in [7, 11) is 0. The molecule has 2 aromatic rings. The molecule has 2 unspecified atom stereocenters. The number of rotatable bonds is 2. The predicted octanol–water partition coefficient (Wildman–Crippen LogP) is 1.41. The van der Waals surface area contributed by atoms with Crippen LogP contribution in [-0.2, 0) is 0 Å². The van der Waals surface area contributed by atoms with Crippen LogP contribution in [0.2, 0.25) is 0 Å². The highest BCUT2D eigenvalue weighted by molar-refractivity contribution is 5.87. The molecular formula is C15H18N2O3. The maximum atomic E-state index is 11.4. The number of piperidine rings is 1. The lowest BCUT2D eigenvalue weighted by atomic mass is 9.92. The summed E-state index contributed by atoms with van der Waals surface area (Å²) in [4.78, 5) is 14.0. The van der Waals surface area contributed by atoms with E-state index in [9.17, 15) is 15.0 Å². The third-order valence-corrected chi connectivity index (χ3v) is 3.96. The van der Waals surface area contributed by atoms with E-state index in [-0.39, 0.29) is 17.4 Å². The standard InChI is InChI=1S/C15H18N2O3/c18-12-6-4-10(9-5-7-13(19)17-14(9)12)15(20)11-3-1-2-8-16-11/h4-7,11,15-16,18,20H,1-3,8H2,(H,17,19). The summed E-state index contributed by atoms with van der Waals surface area (Å²) in [5, 5.41) is 24.4. The molecule has 0 aliphatic carbocycles. The number of hydrogen-bond donors (Lipinski definition) is 4. The van der Waals surface area contributed by atoms with E-state index < -0.39 is 6.10 Å². The van der Waals surface area contributed by atoms with Crippen LogP contribution in [0.15, 0.2) is 29.1 Å². The van der Waals surface area contributed by atoms with Crippen molar-refractivity contribution >= 4 is 10.9 Å². The van der Waals surface area contributed by atoms with E-state index in [0.29, 0.717) is 10.9 Å². The average molecular weight is 274 g/mol. The molecule has 4 N–H and O–H groups in total. The van der Waals surface area contributed by atoms with Gasteiger partial charge in [-0.1, -0.05) is 12.5 Å². The zero-order valence-corrected chi connectivity index (χ0v) is 11.1. The Balaban J connectivity index is 2.07. The van der Waals surface area contributed by atoms with Crippen LogP contribution >= 0.6 is 0 Å². The van der Waals surface area contributed by atoms with Gasteiger partial charge in [-0.05, 0) is 37.1 Å². The minimum atomic E-state index is -0.649. The van der Waals surface area contributed by atoms with Gasteiger partial charge in [-0.2, -0.15) is 0 Å². The number of phenols is 1.